The molecule has 1 N–H and O–H groups in total. The van der Waals surface area contributed by atoms with E-state index in [2.05, 4.69) is 48.8 Å². The number of rotatable bonds is 4. The van der Waals surface area contributed by atoms with Crippen LogP contribution >= 0.6 is 49.9 Å². The minimum absolute atomic E-state index is 0.330. The van der Waals surface area contributed by atoms with Gasteiger partial charge in [0.2, 0.25) is 0 Å². The van der Waals surface area contributed by atoms with Gasteiger partial charge in [-0.05, 0) is 63.6 Å². The number of carbonyl (C=O) groups is 1. The molecule has 0 radical (unpaired) electrons. The fraction of sp³-hybridized carbons (Fsp3) is 0.167. The number of anilines is 2. The van der Waals surface area contributed by atoms with E-state index in [0.717, 1.165) is 13.7 Å². The van der Waals surface area contributed by atoms with E-state index in [1.165, 1.54) is 11.3 Å². The first-order valence-corrected chi connectivity index (χ1v) is 8.20. The molecule has 0 unspecified atom stereocenters. The molecule has 1 heterocycles. The van der Waals surface area contributed by atoms with Gasteiger partial charge in [0.1, 0.15) is 0 Å². The average Bonchev–Trinajstić information content (AvgIpc) is 2.83. The van der Waals surface area contributed by atoms with Gasteiger partial charge in [-0.2, -0.15) is 0 Å². The summed E-state index contributed by atoms with van der Waals surface area (Å²) >= 11 is 7.07. The molecular weight excluding hydrogens is 443 g/mol. The van der Waals surface area contributed by atoms with Crippen LogP contribution in [0.25, 0.3) is 0 Å². The third-order valence-electron chi connectivity index (χ3n) is 2.16. The van der Waals surface area contributed by atoms with Crippen molar-refractivity contribution < 1.29 is 9.53 Å². The Hall–Kier alpha value is -0.670. The lowest BCUT2D eigenvalue weighted by Crippen LogP contribution is -2.05. The maximum atomic E-state index is 11.5. The maximum absolute atomic E-state index is 11.5. The van der Waals surface area contributed by atoms with Crippen LogP contribution in [0.5, 0.6) is 0 Å². The Labute approximate surface area is 136 Å². The second-order valence-electron chi connectivity index (χ2n) is 3.51. The molecular formula is C12H10BrIN2O2S. The third-order valence-corrected chi connectivity index (χ3v) is 4.28. The molecule has 2 rings (SSSR count). The minimum Gasteiger partial charge on any atom is -0.461 e. The topological polar surface area (TPSA) is 51.2 Å². The zero-order valence-corrected chi connectivity index (χ0v) is 14.5. The van der Waals surface area contributed by atoms with Crippen molar-refractivity contribution in [2.45, 2.75) is 6.92 Å². The number of benzene rings is 1. The molecule has 0 atom stereocenters. The van der Waals surface area contributed by atoms with E-state index < -0.39 is 5.97 Å². The first-order valence-electron chi connectivity index (χ1n) is 5.45. The monoisotopic (exact) mass is 452 g/mol. The largest absolute Gasteiger partial charge is 0.461 e. The van der Waals surface area contributed by atoms with Crippen molar-refractivity contribution in [2.75, 3.05) is 11.9 Å². The van der Waals surface area contributed by atoms with Gasteiger partial charge in [-0.15, -0.1) is 11.3 Å². The van der Waals surface area contributed by atoms with Crippen molar-refractivity contribution in [2.24, 2.45) is 0 Å². The van der Waals surface area contributed by atoms with E-state index in [4.69, 9.17) is 4.74 Å². The highest BCUT2D eigenvalue weighted by atomic mass is 127. The van der Waals surface area contributed by atoms with E-state index in [1.54, 1.807) is 12.3 Å². The van der Waals surface area contributed by atoms with Crippen molar-refractivity contribution in [3.8, 4) is 0 Å². The number of hydrogen-bond donors (Lipinski definition) is 1. The highest BCUT2D eigenvalue weighted by molar-refractivity contribution is 14.1. The van der Waals surface area contributed by atoms with Crippen molar-refractivity contribution in [1.29, 1.82) is 0 Å². The molecule has 0 aliphatic carbocycles. The molecule has 2 aromatic rings. The maximum Gasteiger partial charge on any atom is 0.357 e. The van der Waals surface area contributed by atoms with Gasteiger partial charge < -0.3 is 10.1 Å². The zero-order valence-electron chi connectivity index (χ0n) is 9.94. The second kappa shape index (κ2) is 6.67. The van der Waals surface area contributed by atoms with Crippen molar-refractivity contribution in [3.63, 3.8) is 0 Å². The van der Waals surface area contributed by atoms with Gasteiger partial charge in [-0.3, -0.25) is 0 Å². The molecule has 1 aromatic carbocycles. The van der Waals surface area contributed by atoms with Gasteiger partial charge in [0.25, 0.3) is 0 Å². The smallest absolute Gasteiger partial charge is 0.357 e. The molecule has 0 aliphatic rings. The number of esters is 1. The van der Waals surface area contributed by atoms with Crippen LogP contribution in [0.1, 0.15) is 17.4 Å². The van der Waals surface area contributed by atoms with E-state index in [9.17, 15) is 4.79 Å². The molecule has 19 heavy (non-hydrogen) atoms. The summed E-state index contributed by atoms with van der Waals surface area (Å²) in [6, 6.07) is 5.96. The Morgan fingerprint density at radius 2 is 2.37 bits per heavy atom. The lowest BCUT2D eigenvalue weighted by Gasteiger charge is -2.05. The molecule has 0 spiro atoms. The van der Waals surface area contributed by atoms with Gasteiger partial charge in [0, 0.05) is 13.4 Å². The number of aromatic nitrogens is 1. The SMILES string of the molecule is CCOC(=O)c1csc(Nc2cc(I)ccc2Br)n1. The van der Waals surface area contributed by atoms with Crippen LogP contribution in [0, 0.1) is 3.57 Å². The summed E-state index contributed by atoms with van der Waals surface area (Å²) in [7, 11) is 0. The first-order chi connectivity index (χ1) is 9.10. The van der Waals surface area contributed by atoms with Gasteiger partial charge in [-0.25, -0.2) is 9.78 Å². The first kappa shape index (κ1) is 14.7. The quantitative estimate of drug-likeness (QED) is 0.550. The predicted molar refractivity (Wildman–Crippen MR) is 88.2 cm³/mol. The molecule has 0 saturated heterocycles. The summed E-state index contributed by atoms with van der Waals surface area (Å²) in [5, 5.41) is 5.52. The van der Waals surface area contributed by atoms with Gasteiger partial charge >= 0.3 is 5.97 Å². The number of ether oxygens (including phenoxy) is 1. The average molecular weight is 453 g/mol. The molecule has 1 aromatic heterocycles. The van der Waals surface area contributed by atoms with E-state index in [0.29, 0.717) is 17.4 Å². The Kier molecular flexibility index (Phi) is 5.17. The van der Waals surface area contributed by atoms with Crippen LogP contribution in [0.4, 0.5) is 10.8 Å². The predicted octanol–water partition coefficient (Wildman–Crippen LogP) is 4.43. The number of hydrogen-bond acceptors (Lipinski definition) is 5. The molecule has 100 valence electrons. The lowest BCUT2D eigenvalue weighted by atomic mass is 10.3. The fourth-order valence-corrected chi connectivity index (χ4v) is 2.87. The van der Waals surface area contributed by atoms with Crippen molar-refractivity contribution in [1.82, 2.24) is 4.98 Å². The summed E-state index contributed by atoms with van der Waals surface area (Å²) in [5.74, 6) is -0.395. The number of halogens is 2. The standard InChI is InChI=1S/C12H10BrIN2O2S/c1-2-18-11(17)10-6-19-12(16-10)15-9-5-7(14)3-4-8(9)13/h3-6H,2H2,1H3,(H,15,16). The van der Waals surface area contributed by atoms with Crippen LogP contribution in [0.15, 0.2) is 28.1 Å². The second-order valence-corrected chi connectivity index (χ2v) is 6.47. The molecule has 0 amide bonds. The van der Waals surface area contributed by atoms with E-state index >= 15 is 0 Å². The molecule has 0 fully saturated rings. The van der Waals surface area contributed by atoms with Gasteiger partial charge in [0.15, 0.2) is 10.8 Å². The summed E-state index contributed by atoms with van der Waals surface area (Å²) in [5.41, 5.74) is 1.24. The normalized spacial score (nSPS) is 10.3. The van der Waals surface area contributed by atoms with Crippen LogP contribution in [0.3, 0.4) is 0 Å². The van der Waals surface area contributed by atoms with Crippen LogP contribution in [-0.4, -0.2) is 17.6 Å². The number of thiazole rings is 1. The Bertz CT molecular complexity index is 603. The molecule has 0 bridgehead atoms. The van der Waals surface area contributed by atoms with E-state index in [1.807, 2.05) is 18.2 Å². The summed E-state index contributed by atoms with van der Waals surface area (Å²) in [4.78, 5) is 15.7. The summed E-state index contributed by atoms with van der Waals surface area (Å²) in [6.45, 7) is 2.12. The van der Waals surface area contributed by atoms with E-state index in [-0.39, 0.29) is 0 Å². The van der Waals surface area contributed by atoms with Crippen LogP contribution in [0.2, 0.25) is 0 Å². The Balaban J connectivity index is 2.15. The number of nitrogens with one attached hydrogen (secondary N) is 1. The van der Waals surface area contributed by atoms with Crippen LogP contribution in [-0.2, 0) is 4.74 Å². The Morgan fingerprint density at radius 1 is 1.58 bits per heavy atom. The van der Waals surface area contributed by atoms with Gasteiger partial charge in [0.05, 0.1) is 12.3 Å². The molecule has 0 aliphatic heterocycles. The van der Waals surface area contributed by atoms with Crippen molar-refractivity contribution in [3.05, 3.63) is 37.3 Å². The van der Waals surface area contributed by atoms with Crippen LogP contribution < -0.4 is 5.32 Å². The zero-order chi connectivity index (χ0) is 13.8. The highest BCUT2D eigenvalue weighted by Gasteiger charge is 2.12. The number of carbonyl (C=O) groups excluding carboxylic acids is 1. The molecule has 7 heteroatoms. The van der Waals surface area contributed by atoms with Crippen molar-refractivity contribution >= 4 is 66.6 Å². The third kappa shape index (κ3) is 3.90. The molecule has 4 nitrogen and oxygen atoms in total. The number of nitrogens with zero attached hydrogens (tertiary/aromatic N) is 1. The summed E-state index contributed by atoms with van der Waals surface area (Å²) in [6.07, 6.45) is 0. The highest BCUT2D eigenvalue weighted by Crippen LogP contribution is 2.29. The van der Waals surface area contributed by atoms with Gasteiger partial charge in [-0.1, -0.05) is 0 Å². The Morgan fingerprint density at radius 3 is 3.11 bits per heavy atom. The molecule has 0 saturated carbocycles. The summed E-state index contributed by atoms with van der Waals surface area (Å²) < 4.78 is 6.96. The minimum atomic E-state index is -0.395. The lowest BCUT2D eigenvalue weighted by molar-refractivity contribution is 0.0520. The fourth-order valence-electron chi connectivity index (χ4n) is 1.34.